The average molecular weight is 230 g/mol. The summed E-state index contributed by atoms with van der Waals surface area (Å²) in [5.74, 6) is -0.224. The summed E-state index contributed by atoms with van der Waals surface area (Å²) in [6.45, 7) is 0. The summed E-state index contributed by atoms with van der Waals surface area (Å²) in [6.07, 6.45) is 0.314. The normalized spacial score (nSPS) is 12.4. The van der Waals surface area contributed by atoms with Crippen molar-refractivity contribution >= 4 is 16.7 Å². The summed E-state index contributed by atoms with van der Waals surface area (Å²) in [5, 5.41) is 2.37. The third-order valence-corrected chi connectivity index (χ3v) is 2.89. The molecular weight excluding hydrogens is 214 g/mol. The Morgan fingerprint density at radius 2 is 1.94 bits per heavy atom. The van der Waals surface area contributed by atoms with Crippen molar-refractivity contribution in [1.29, 1.82) is 0 Å². The third kappa shape index (κ3) is 2.63. The molecule has 0 aromatic heterocycles. The van der Waals surface area contributed by atoms with Crippen LogP contribution in [-0.4, -0.2) is 13.1 Å². The van der Waals surface area contributed by atoms with E-state index in [1.165, 1.54) is 17.9 Å². The number of methoxy groups -OCH3 is 1. The Morgan fingerprint density at radius 3 is 2.65 bits per heavy atom. The van der Waals surface area contributed by atoms with E-state index < -0.39 is 0 Å². The molecule has 2 aromatic rings. The highest BCUT2D eigenvalue weighted by molar-refractivity contribution is 5.83. The van der Waals surface area contributed by atoms with Crippen LogP contribution in [0.15, 0.2) is 42.5 Å². The van der Waals surface area contributed by atoms with E-state index in [1.807, 2.05) is 18.2 Å². The first kappa shape index (κ1) is 11.6. The highest BCUT2D eigenvalue weighted by Gasteiger charge is 2.15. The summed E-state index contributed by atoms with van der Waals surface area (Å²) in [5.41, 5.74) is 5.07. The van der Waals surface area contributed by atoms with Gasteiger partial charge in [0.05, 0.1) is 7.11 Å². The van der Waals surface area contributed by atoms with Crippen LogP contribution in [0.3, 0.4) is 0 Å². The summed E-state index contributed by atoms with van der Waals surface area (Å²) < 4.78 is 4.65. The van der Waals surface area contributed by atoms with Crippen molar-refractivity contribution in [3.63, 3.8) is 0 Å². The van der Waals surface area contributed by atoms with Crippen LogP contribution >= 0.6 is 0 Å². The molecule has 3 nitrogen and oxygen atoms in total. The quantitative estimate of drug-likeness (QED) is 0.816. The number of rotatable bonds is 3. The van der Waals surface area contributed by atoms with Gasteiger partial charge in [0, 0.05) is 5.56 Å². The zero-order valence-electron chi connectivity index (χ0n) is 9.85. The van der Waals surface area contributed by atoms with Gasteiger partial charge in [-0.1, -0.05) is 36.4 Å². The minimum Gasteiger partial charge on any atom is -0.469 e. The first-order valence-electron chi connectivity index (χ1n) is 5.59. The standard InChI is InChI=1S/C14H15NO2/c1-17-14(16)9-13(15)12-7-6-10-4-2-3-5-11(10)8-12/h2-8,13H,9,15H2,1H3/p+1. The molecule has 0 aliphatic rings. The van der Waals surface area contributed by atoms with Crippen molar-refractivity contribution in [2.24, 2.45) is 0 Å². The average Bonchev–Trinajstić information content (AvgIpc) is 2.38. The molecule has 0 saturated heterocycles. The number of ether oxygens (including phenoxy) is 1. The van der Waals surface area contributed by atoms with Gasteiger partial charge in [-0.05, 0) is 16.8 Å². The van der Waals surface area contributed by atoms with Gasteiger partial charge in [0.1, 0.15) is 12.5 Å². The first-order valence-corrected chi connectivity index (χ1v) is 5.59. The second-order valence-electron chi connectivity index (χ2n) is 4.08. The van der Waals surface area contributed by atoms with Crippen molar-refractivity contribution < 1.29 is 15.3 Å². The molecule has 0 radical (unpaired) electrons. The zero-order chi connectivity index (χ0) is 12.3. The van der Waals surface area contributed by atoms with Crippen molar-refractivity contribution in [1.82, 2.24) is 0 Å². The fraction of sp³-hybridized carbons (Fsp3) is 0.214. The van der Waals surface area contributed by atoms with Gasteiger partial charge in [-0.3, -0.25) is 4.79 Å². The Hall–Kier alpha value is -1.87. The van der Waals surface area contributed by atoms with E-state index in [4.69, 9.17) is 0 Å². The number of carbonyl (C=O) groups excluding carboxylic acids is 1. The first-order chi connectivity index (χ1) is 8.20. The molecule has 88 valence electrons. The second kappa shape index (κ2) is 4.97. The molecule has 17 heavy (non-hydrogen) atoms. The van der Waals surface area contributed by atoms with Crippen molar-refractivity contribution in [3.05, 3.63) is 48.0 Å². The Balaban J connectivity index is 2.26. The van der Waals surface area contributed by atoms with Crippen molar-refractivity contribution in [2.75, 3.05) is 7.11 Å². The van der Waals surface area contributed by atoms with Gasteiger partial charge in [0.2, 0.25) is 0 Å². The number of carbonyl (C=O) groups is 1. The maximum Gasteiger partial charge on any atom is 0.311 e. The topological polar surface area (TPSA) is 53.9 Å². The SMILES string of the molecule is COC(=O)CC([NH3+])c1ccc2ccccc2c1. The molecule has 0 aliphatic carbocycles. The lowest BCUT2D eigenvalue weighted by Crippen LogP contribution is -2.54. The molecule has 1 unspecified atom stereocenters. The van der Waals surface area contributed by atoms with Crippen LogP contribution in [0.25, 0.3) is 10.8 Å². The smallest absolute Gasteiger partial charge is 0.311 e. The van der Waals surface area contributed by atoms with Gasteiger partial charge < -0.3 is 10.5 Å². The molecule has 3 heteroatoms. The van der Waals surface area contributed by atoms with E-state index in [-0.39, 0.29) is 12.0 Å². The highest BCUT2D eigenvalue weighted by atomic mass is 16.5. The predicted octanol–water partition coefficient (Wildman–Crippen LogP) is 1.69. The minimum absolute atomic E-state index is 0.0629. The molecule has 3 N–H and O–H groups in total. The number of hydrogen-bond donors (Lipinski definition) is 1. The fourth-order valence-corrected chi connectivity index (χ4v) is 1.86. The molecule has 1 atom stereocenters. The minimum atomic E-state index is -0.224. The molecule has 0 bridgehead atoms. The van der Waals surface area contributed by atoms with Crippen LogP contribution in [0.1, 0.15) is 18.0 Å². The van der Waals surface area contributed by atoms with Gasteiger partial charge in [-0.15, -0.1) is 0 Å². The molecule has 0 heterocycles. The molecule has 2 rings (SSSR count). The maximum atomic E-state index is 11.2. The summed E-state index contributed by atoms with van der Waals surface area (Å²) in [4.78, 5) is 11.2. The number of hydrogen-bond acceptors (Lipinski definition) is 2. The molecule has 2 aromatic carbocycles. The van der Waals surface area contributed by atoms with Gasteiger partial charge in [0.25, 0.3) is 0 Å². The Morgan fingerprint density at radius 1 is 1.24 bits per heavy atom. The lowest BCUT2D eigenvalue weighted by molar-refractivity contribution is -0.425. The summed E-state index contributed by atoms with van der Waals surface area (Å²) >= 11 is 0. The summed E-state index contributed by atoms with van der Waals surface area (Å²) in [6, 6.07) is 14.2. The monoisotopic (exact) mass is 230 g/mol. The Bertz CT molecular complexity index is 536. The molecule has 0 saturated carbocycles. The number of benzene rings is 2. The Labute approximate surface area is 100 Å². The van der Waals surface area contributed by atoms with E-state index in [0.29, 0.717) is 6.42 Å². The number of quaternary nitrogens is 1. The van der Waals surface area contributed by atoms with Gasteiger partial charge in [-0.25, -0.2) is 0 Å². The maximum absolute atomic E-state index is 11.2. The van der Waals surface area contributed by atoms with Crippen molar-refractivity contribution in [3.8, 4) is 0 Å². The lowest BCUT2D eigenvalue weighted by atomic mass is 10.0. The lowest BCUT2D eigenvalue weighted by Gasteiger charge is -2.08. The van der Waals surface area contributed by atoms with Gasteiger partial charge >= 0.3 is 5.97 Å². The van der Waals surface area contributed by atoms with Crippen molar-refractivity contribution in [2.45, 2.75) is 12.5 Å². The van der Waals surface area contributed by atoms with Crippen LogP contribution < -0.4 is 5.73 Å². The van der Waals surface area contributed by atoms with E-state index >= 15 is 0 Å². The summed E-state index contributed by atoms with van der Waals surface area (Å²) in [7, 11) is 1.40. The molecule has 0 spiro atoms. The zero-order valence-corrected chi connectivity index (χ0v) is 9.85. The molecule has 0 fully saturated rings. The highest BCUT2D eigenvalue weighted by Crippen LogP contribution is 2.20. The van der Waals surface area contributed by atoms with E-state index in [9.17, 15) is 4.79 Å². The third-order valence-electron chi connectivity index (χ3n) is 2.89. The molecule has 0 aliphatic heterocycles. The van der Waals surface area contributed by atoms with E-state index in [1.54, 1.807) is 0 Å². The van der Waals surface area contributed by atoms with Crippen LogP contribution in [0.5, 0.6) is 0 Å². The van der Waals surface area contributed by atoms with Crippen LogP contribution in [0.4, 0.5) is 0 Å². The van der Waals surface area contributed by atoms with Gasteiger partial charge in [-0.2, -0.15) is 0 Å². The second-order valence-corrected chi connectivity index (χ2v) is 4.08. The molecular formula is C14H16NO2+. The van der Waals surface area contributed by atoms with E-state index in [2.05, 4.69) is 34.7 Å². The van der Waals surface area contributed by atoms with E-state index in [0.717, 1.165) is 5.56 Å². The van der Waals surface area contributed by atoms with Crippen LogP contribution in [-0.2, 0) is 9.53 Å². The van der Waals surface area contributed by atoms with Crippen LogP contribution in [0, 0.1) is 0 Å². The Kier molecular flexibility index (Phi) is 3.40. The molecule has 0 amide bonds. The predicted molar refractivity (Wildman–Crippen MR) is 66.2 cm³/mol. The van der Waals surface area contributed by atoms with Gasteiger partial charge in [0.15, 0.2) is 0 Å². The largest absolute Gasteiger partial charge is 0.469 e. The number of esters is 1. The van der Waals surface area contributed by atoms with Crippen LogP contribution in [0.2, 0.25) is 0 Å². The number of fused-ring (bicyclic) bond motifs is 1. The fourth-order valence-electron chi connectivity index (χ4n) is 1.86.